The molecule has 1 amide bonds. The minimum atomic E-state index is -2.29. The number of ether oxygens (including phenoxy) is 1. The van der Waals surface area contributed by atoms with E-state index in [0.29, 0.717) is 19.4 Å². The van der Waals surface area contributed by atoms with Crippen molar-refractivity contribution in [2.75, 3.05) is 6.54 Å². The highest BCUT2D eigenvalue weighted by Crippen LogP contribution is 2.30. The van der Waals surface area contributed by atoms with E-state index in [4.69, 9.17) is 4.74 Å². The van der Waals surface area contributed by atoms with Crippen molar-refractivity contribution in [3.05, 3.63) is 0 Å². The number of hydrogen-bond acceptors (Lipinski definition) is 4. The highest BCUT2D eigenvalue weighted by molar-refractivity contribution is 6.08. The van der Waals surface area contributed by atoms with E-state index < -0.39 is 17.5 Å². The number of carbonyl (C=O) groups excluding carboxylic acids is 2. The van der Waals surface area contributed by atoms with Crippen molar-refractivity contribution in [3.8, 4) is 0 Å². The van der Waals surface area contributed by atoms with Crippen LogP contribution in [0.3, 0.4) is 0 Å². The number of rotatable bonds is 1. The fraction of sp³-hybridized carbons (Fsp3) is 0.867. The molecule has 4 unspecified atom stereocenters. The molecule has 2 fully saturated rings. The van der Waals surface area contributed by atoms with Crippen LogP contribution in [-0.4, -0.2) is 46.2 Å². The number of ketones is 1. The zero-order chi connectivity index (χ0) is 14.9. The summed E-state index contributed by atoms with van der Waals surface area (Å²) in [7, 11) is 0. The first-order valence-corrected chi connectivity index (χ1v) is 7.62. The van der Waals surface area contributed by atoms with Crippen LogP contribution >= 0.6 is 0 Å². The van der Waals surface area contributed by atoms with Crippen molar-refractivity contribution in [1.82, 2.24) is 4.90 Å². The van der Waals surface area contributed by atoms with Gasteiger partial charge in [-0.2, -0.15) is 0 Å². The molecule has 0 aliphatic carbocycles. The Balaban J connectivity index is 2.25. The smallest absolute Gasteiger partial charge is 0.309 e. The molecule has 0 aromatic heterocycles. The average molecular weight is 283 g/mol. The van der Waals surface area contributed by atoms with Gasteiger partial charge in [-0.25, -0.2) is 0 Å². The molecule has 0 aromatic rings. The predicted molar refractivity (Wildman–Crippen MR) is 73.9 cm³/mol. The third-order valence-corrected chi connectivity index (χ3v) is 4.51. The molecule has 2 aliphatic rings. The highest BCUT2D eigenvalue weighted by Gasteiger charge is 2.52. The van der Waals surface area contributed by atoms with Gasteiger partial charge in [0.25, 0.3) is 5.91 Å². The third-order valence-electron chi connectivity index (χ3n) is 4.51. The second kappa shape index (κ2) is 5.82. The van der Waals surface area contributed by atoms with Gasteiger partial charge in [0.1, 0.15) is 0 Å². The lowest BCUT2D eigenvalue weighted by Crippen LogP contribution is -2.60. The number of aliphatic hydroxyl groups is 1. The zero-order valence-corrected chi connectivity index (χ0v) is 12.6. The summed E-state index contributed by atoms with van der Waals surface area (Å²) in [5.41, 5.74) is 0. The Hall–Kier alpha value is -0.940. The normalized spacial score (nSPS) is 39.5. The standard InChI is InChI=1S/C15H25NO4/c1-10-7-8-12(3)20-15(19,13(10)17)14(18)16-9-5-4-6-11(16)2/h10-12,19H,4-9H2,1-3H3. The van der Waals surface area contributed by atoms with Crippen LogP contribution in [0.25, 0.3) is 0 Å². The van der Waals surface area contributed by atoms with E-state index in [0.717, 1.165) is 19.3 Å². The molecule has 5 nitrogen and oxygen atoms in total. The number of hydrogen-bond donors (Lipinski definition) is 1. The van der Waals surface area contributed by atoms with E-state index in [1.807, 2.05) is 6.92 Å². The van der Waals surface area contributed by atoms with Crippen molar-refractivity contribution in [3.63, 3.8) is 0 Å². The maximum atomic E-state index is 12.7. The molecule has 0 bridgehead atoms. The van der Waals surface area contributed by atoms with E-state index in [-0.39, 0.29) is 18.1 Å². The highest BCUT2D eigenvalue weighted by atomic mass is 16.6. The third kappa shape index (κ3) is 2.74. The van der Waals surface area contributed by atoms with Gasteiger partial charge in [-0.15, -0.1) is 0 Å². The lowest BCUT2D eigenvalue weighted by atomic mass is 9.93. The Morgan fingerprint density at radius 3 is 2.60 bits per heavy atom. The van der Waals surface area contributed by atoms with Crippen LogP contribution in [0.1, 0.15) is 52.9 Å². The summed E-state index contributed by atoms with van der Waals surface area (Å²) >= 11 is 0. The van der Waals surface area contributed by atoms with Crippen LogP contribution in [0.2, 0.25) is 0 Å². The number of amides is 1. The van der Waals surface area contributed by atoms with Crippen LogP contribution in [0.5, 0.6) is 0 Å². The first kappa shape index (κ1) is 15.4. The Morgan fingerprint density at radius 2 is 1.95 bits per heavy atom. The summed E-state index contributed by atoms with van der Waals surface area (Å²) in [4.78, 5) is 26.7. The van der Waals surface area contributed by atoms with Crippen LogP contribution in [0.15, 0.2) is 0 Å². The van der Waals surface area contributed by atoms with Gasteiger partial charge in [0.05, 0.1) is 6.10 Å². The molecular formula is C15H25NO4. The molecule has 1 N–H and O–H groups in total. The summed E-state index contributed by atoms with van der Waals surface area (Å²) < 4.78 is 5.46. The molecule has 114 valence electrons. The molecule has 0 saturated carbocycles. The van der Waals surface area contributed by atoms with Gasteiger partial charge in [-0.05, 0) is 46.0 Å². The van der Waals surface area contributed by atoms with Crippen LogP contribution in [-0.2, 0) is 14.3 Å². The second-order valence-electron chi connectivity index (χ2n) is 6.26. The van der Waals surface area contributed by atoms with Gasteiger partial charge in [-0.1, -0.05) is 6.92 Å². The summed E-state index contributed by atoms with van der Waals surface area (Å²) in [5, 5.41) is 10.6. The first-order valence-electron chi connectivity index (χ1n) is 7.62. The minimum Gasteiger partial charge on any atom is -0.352 e. The van der Waals surface area contributed by atoms with Crippen molar-refractivity contribution in [2.24, 2.45) is 5.92 Å². The van der Waals surface area contributed by atoms with E-state index in [1.54, 1.807) is 18.7 Å². The van der Waals surface area contributed by atoms with E-state index in [2.05, 4.69) is 0 Å². The SMILES string of the molecule is CC1CCC(C)C(=O)C(O)(C(=O)N2CCCCC2C)O1. The van der Waals surface area contributed by atoms with E-state index in [1.165, 1.54) is 0 Å². The number of piperidine rings is 1. The summed E-state index contributed by atoms with van der Waals surface area (Å²) in [5.74, 6) is -3.71. The van der Waals surface area contributed by atoms with Gasteiger partial charge in [0, 0.05) is 18.5 Å². The number of likely N-dealkylation sites (tertiary alicyclic amines) is 1. The Morgan fingerprint density at radius 1 is 1.25 bits per heavy atom. The van der Waals surface area contributed by atoms with Gasteiger partial charge < -0.3 is 14.7 Å². The largest absolute Gasteiger partial charge is 0.352 e. The first-order chi connectivity index (χ1) is 9.36. The van der Waals surface area contributed by atoms with E-state index in [9.17, 15) is 14.7 Å². The summed E-state index contributed by atoms with van der Waals surface area (Å²) in [6, 6.07) is 0.0468. The predicted octanol–water partition coefficient (Wildman–Crippen LogP) is 1.48. The van der Waals surface area contributed by atoms with E-state index >= 15 is 0 Å². The fourth-order valence-electron chi connectivity index (χ4n) is 3.11. The monoisotopic (exact) mass is 283 g/mol. The molecule has 4 atom stereocenters. The number of Topliss-reactive ketones (excluding diaryl/α,β-unsaturated/α-hetero) is 1. The molecule has 0 aromatic carbocycles. The molecule has 2 rings (SSSR count). The molecular weight excluding hydrogens is 258 g/mol. The lowest BCUT2D eigenvalue weighted by Gasteiger charge is -2.38. The van der Waals surface area contributed by atoms with Gasteiger partial charge in [0.15, 0.2) is 0 Å². The topological polar surface area (TPSA) is 66.8 Å². The van der Waals surface area contributed by atoms with Gasteiger partial charge in [-0.3, -0.25) is 9.59 Å². The van der Waals surface area contributed by atoms with Gasteiger partial charge in [0.2, 0.25) is 5.78 Å². The molecule has 2 saturated heterocycles. The fourth-order valence-corrected chi connectivity index (χ4v) is 3.11. The molecule has 5 heteroatoms. The van der Waals surface area contributed by atoms with Crippen LogP contribution in [0.4, 0.5) is 0 Å². The maximum absolute atomic E-state index is 12.7. The minimum absolute atomic E-state index is 0.0468. The molecule has 20 heavy (non-hydrogen) atoms. The molecule has 2 aliphatic heterocycles. The maximum Gasteiger partial charge on any atom is 0.309 e. The van der Waals surface area contributed by atoms with Gasteiger partial charge >= 0.3 is 5.79 Å². The van der Waals surface area contributed by atoms with Crippen LogP contribution in [0, 0.1) is 5.92 Å². The van der Waals surface area contributed by atoms with Crippen molar-refractivity contribution < 1.29 is 19.4 Å². The van der Waals surface area contributed by atoms with Crippen molar-refractivity contribution >= 4 is 11.7 Å². The Bertz CT molecular complexity index is 397. The lowest BCUT2D eigenvalue weighted by molar-refractivity contribution is -0.226. The summed E-state index contributed by atoms with van der Waals surface area (Å²) in [6.45, 7) is 6.08. The Labute approximate surface area is 120 Å². The average Bonchev–Trinajstić information content (AvgIpc) is 2.52. The van der Waals surface area contributed by atoms with Crippen LogP contribution < -0.4 is 0 Å². The Kier molecular flexibility index (Phi) is 4.49. The quantitative estimate of drug-likeness (QED) is 0.740. The number of carbonyl (C=O) groups is 2. The van der Waals surface area contributed by atoms with Crippen molar-refractivity contribution in [1.29, 1.82) is 0 Å². The van der Waals surface area contributed by atoms with Crippen molar-refractivity contribution in [2.45, 2.75) is 70.8 Å². The molecule has 2 heterocycles. The molecule has 0 radical (unpaired) electrons. The number of nitrogens with zero attached hydrogens (tertiary/aromatic N) is 1. The molecule has 0 spiro atoms. The summed E-state index contributed by atoms with van der Waals surface area (Å²) in [6.07, 6.45) is 3.92. The second-order valence-corrected chi connectivity index (χ2v) is 6.26. The zero-order valence-electron chi connectivity index (χ0n) is 12.6.